The van der Waals surface area contributed by atoms with Crippen molar-refractivity contribution in [2.24, 2.45) is 0 Å². The highest BCUT2D eigenvalue weighted by Crippen LogP contribution is 2.15. The molecule has 19 heavy (non-hydrogen) atoms. The lowest BCUT2D eigenvalue weighted by atomic mass is 10.00. The van der Waals surface area contributed by atoms with E-state index in [0.29, 0.717) is 12.0 Å². The molecule has 2 unspecified atom stereocenters. The number of hydrogen-bond donors (Lipinski definition) is 1. The van der Waals surface area contributed by atoms with Crippen molar-refractivity contribution >= 4 is 0 Å². The standard InChI is InChI=1S/C15H23F2NO/c1-4-8-18-13(9-11(2)19-3)10-12-6-5-7-14(16)15(12)17/h5-7,11,13,18H,4,8-10H2,1-3H3. The zero-order chi connectivity index (χ0) is 14.3. The van der Waals surface area contributed by atoms with Crippen LogP contribution >= 0.6 is 0 Å². The SMILES string of the molecule is CCCNC(Cc1cccc(F)c1F)CC(C)OC. The summed E-state index contributed by atoms with van der Waals surface area (Å²) in [4.78, 5) is 0. The first-order valence-electron chi connectivity index (χ1n) is 6.77. The molecule has 108 valence electrons. The molecule has 2 atom stereocenters. The summed E-state index contributed by atoms with van der Waals surface area (Å²) in [7, 11) is 1.66. The molecule has 1 N–H and O–H groups in total. The Labute approximate surface area is 114 Å². The van der Waals surface area contributed by atoms with Crippen molar-refractivity contribution in [3.63, 3.8) is 0 Å². The molecule has 0 aromatic heterocycles. The van der Waals surface area contributed by atoms with E-state index in [4.69, 9.17) is 4.74 Å². The Morgan fingerprint density at radius 3 is 2.68 bits per heavy atom. The van der Waals surface area contributed by atoms with E-state index in [2.05, 4.69) is 12.2 Å². The van der Waals surface area contributed by atoms with Gasteiger partial charge in [-0.25, -0.2) is 8.78 Å². The third-order valence-corrected chi connectivity index (χ3v) is 3.20. The first kappa shape index (κ1) is 16.1. The quantitative estimate of drug-likeness (QED) is 0.783. The van der Waals surface area contributed by atoms with E-state index in [1.54, 1.807) is 19.2 Å². The summed E-state index contributed by atoms with van der Waals surface area (Å²) >= 11 is 0. The van der Waals surface area contributed by atoms with E-state index in [1.165, 1.54) is 0 Å². The number of methoxy groups -OCH3 is 1. The molecule has 1 aromatic rings. The minimum absolute atomic E-state index is 0.0889. The van der Waals surface area contributed by atoms with Crippen molar-refractivity contribution in [3.8, 4) is 0 Å². The molecule has 0 aliphatic heterocycles. The van der Waals surface area contributed by atoms with Crippen molar-refractivity contribution < 1.29 is 13.5 Å². The van der Waals surface area contributed by atoms with Gasteiger partial charge in [0.25, 0.3) is 0 Å². The first-order valence-corrected chi connectivity index (χ1v) is 6.77. The molecule has 0 amide bonds. The van der Waals surface area contributed by atoms with Crippen LogP contribution in [0, 0.1) is 11.6 Å². The molecular formula is C15H23F2NO. The summed E-state index contributed by atoms with van der Waals surface area (Å²) in [6.45, 7) is 4.91. The summed E-state index contributed by atoms with van der Waals surface area (Å²) < 4.78 is 32.1. The van der Waals surface area contributed by atoms with Gasteiger partial charge in [0.15, 0.2) is 11.6 Å². The predicted octanol–water partition coefficient (Wildman–Crippen LogP) is 3.30. The molecule has 0 spiro atoms. The molecule has 2 nitrogen and oxygen atoms in total. The summed E-state index contributed by atoms with van der Waals surface area (Å²) in [5.74, 6) is -1.53. The molecule has 1 aromatic carbocycles. The number of nitrogens with one attached hydrogen (secondary N) is 1. The van der Waals surface area contributed by atoms with Crippen LogP contribution in [0.4, 0.5) is 8.78 Å². The Kier molecular flexibility index (Phi) is 6.95. The predicted molar refractivity (Wildman–Crippen MR) is 73.2 cm³/mol. The second-order valence-corrected chi connectivity index (χ2v) is 4.85. The highest BCUT2D eigenvalue weighted by molar-refractivity contribution is 5.20. The molecular weight excluding hydrogens is 248 g/mol. The smallest absolute Gasteiger partial charge is 0.162 e. The average molecular weight is 271 g/mol. The van der Waals surface area contributed by atoms with Gasteiger partial charge in [0.2, 0.25) is 0 Å². The number of hydrogen-bond acceptors (Lipinski definition) is 2. The van der Waals surface area contributed by atoms with Gasteiger partial charge in [-0.1, -0.05) is 19.1 Å². The summed E-state index contributed by atoms with van der Waals surface area (Å²) in [5, 5.41) is 3.36. The van der Waals surface area contributed by atoms with Gasteiger partial charge in [0.1, 0.15) is 0 Å². The fraction of sp³-hybridized carbons (Fsp3) is 0.600. The van der Waals surface area contributed by atoms with Crippen molar-refractivity contribution in [3.05, 3.63) is 35.4 Å². The monoisotopic (exact) mass is 271 g/mol. The molecule has 0 saturated heterocycles. The van der Waals surface area contributed by atoms with Crippen molar-refractivity contribution in [1.29, 1.82) is 0 Å². The van der Waals surface area contributed by atoms with E-state index in [9.17, 15) is 8.78 Å². The van der Waals surface area contributed by atoms with Crippen LogP contribution in [0.15, 0.2) is 18.2 Å². The van der Waals surface area contributed by atoms with Crippen molar-refractivity contribution in [2.45, 2.75) is 45.3 Å². The van der Waals surface area contributed by atoms with Crippen LogP contribution in [0.3, 0.4) is 0 Å². The van der Waals surface area contributed by atoms with Gasteiger partial charge in [-0.15, -0.1) is 0 Å². The molecule has 0 aliphatic carbocycles. The average Bonchev–Trinajstić information content (AvgIpc) is 2.41. The number of ether oxygens (including phenoxy) is 1. The van der Waals surface area contributed by atoms with Crippen molar-refractivity contribution in [2.75, 3.05) is 13.7 Å². The van der Waals surface area contributed by atoms with E-state index in [0.717, 1.165) is 25.5 Å². The summed E-state index contributed by atoms with van der Waals surface area (Å²) in [5.41, 5.74) is 0.414. The van der Waals surface area contributed by atoms with Crippen LogP contribution in [0.2, 0.25) is 0 Å². The highest BCUT2D eigenvalue weighted by Gasteiger charge is 2.16. The first-order chi connectivity index (χ1) is 9.08. The maximum atomic E-state index is 13.7. The van der Waals surface area contributed by atoms with Gasteiger partial charge in [-0.2, -0.15) is 0 Å². The molecule has 0 aliphatic rings. The fourth-order valence-electron chi connectivity index (χ4n) is 2.06. The second-order valence-electron chi connectivity index (χ2n) is 4.85. The van der Waals surface area contributed by atoms with Crippen LogP contribution in [-0.2, 0) is 11.2 Å². The van der Waals surface area contributed by atoms with Crippen LogP contribution < -0.4 is 5.32 Å². The topological polar surface area (TPSA) is 21.3 Å². The maximum absolute atomic E-state index is 13.7. The summed E-state index contributed by atoms with van der Waals surface area (Å²) in [6, 6.07) is 4.41. The zero-order valence-electron chi connectivity index (χ0n) is 11.9. The van der Waals surface area contributed by atoms with Crippen LogP contribution in [0.5, 0.6) is 0 Å². The van der Waals surface area contributed by atoms with Crippen LogP contribution in [0.25, 0.3) is 0 Å². The van der Waals surface area contributed by atoms with E-state index >= 15 is 0 Å². The normalized spacial score (nSPS) is 14.4. The molecule has 0 fully saturated rings. The number of rotatable bonds is 8. The molecule has 0 bridgehead atoms. The van der Waals surface area contributed by atoms with E-state index in [-0.39, 0.29) is 12.1 Å². The highest BCUT2D eigenvalue weighted by atomic mass is 19.2. The van der Waals surface area contributed by atoms with Gasteiger partial charge in [-0.05, 0) is 44.4 Å². The van der Waals surface area contributed by atoms with Gasteiger partial charge in [0, 0.05) is 13.2 Å². The maximum Gasteiger partial charge on any atom is 0.162 e. The second kappa shape index (κ2) is 8.23. The Morgan fingerprint density at radius 2 is 2.05 bits per heavy atom. The Bertz CT molecular complexity index is 384. The Hall–Kier alpha value is -1.00. The van der Waals surface area contributed by atoms with Gasteiger partial charge in [-0.3, -0.25) is 0 Å². The fourth-order valence-corrected chi connectivity index (χ4v) is 2.06. The Balaban J connectivity index is 2.72. The van der Waals surface area contributed by atoms with Crippen molar-refractivity contribution in [1.82, 2.24) is 5.32 Å². The molecule has 0 radical (unpaired) electrons. The largest absolute Gasteiger partial charge is 0.382 e. The van der Waals surface area contributed by atoms with Gasteiger partial charge < -0.3 is 10.1 Å². The molecule has 0 heterocycles. The van der Waals surface area contributed by atoms with Gasteiger partial charge >= 0.3 is 0 Å². The third-order valence-electron chi connectivity index (χ3n) is 3.20. The molecule has 4 heteroatoms. The lowest BCUT2D eigenvalue weighted by Crippen LogP contribution is -2.35. The number of benzene rings is 1. The molecule has 0 saturated carbocycles. The lowest BCUT2D eigenvalue weighted by Gasteiger charge is -2.22. The zero-order valence-corrected chi connectivity index (χ0v) is 11.9. The van der Waals surface area contributed by atoms with Crippen LogP contribution in [-0.4, -0.2) is 25.8 Å². The Morgan fingerprint density at radius 1 is 1.32 bits per heavy atom. The minimum atomic E-state index is -0.786. The lowest BCUT2D eigenvalue weighted by molar-refractivity contribution is 0.100. The van der Waals surface area contributed by atoms with Gasteiger partial charge in [0.05, 0.1) is 6.10 Å². The number of halogens is 2. The third kappa shape index (κ3) is 5.25. The molecule has 1 rings (SSSR count). The van der Waals surface area contributed by atoms with Crippen LogP contribution in [0.1, 0.15) is 32.3 Å². The minimum Gasteiger partial charge on any atom is -0.382 e. The van der Waals surface area contributed by atoms with E-state index in [1.807, 2.05) is 6.92 Å². The van der Waals surface area contributed by atoms with E-state index < -0.39 is 11.6 Å². The summed E-state index contributed by atoms with van der Waals surface area (Å²) in [6.07, 6.45) is 2.33.